The molecule has 7 nitrogen and oxygen atoms in total. The predicted octanol–water partition coefficient (Wildman–Crippen LogP) is 2.95. The summed E-state index contributed by atoms with van der Waals surface area (Å²) < 4.78 is 3.61. The molecule has 0 aliphatic rings. The van der Waals surface area contributed by atoms with Crippen LogP contribution in [0.15, 0.2) is 49.3 Å². The van der Waals surface area contributed by atoms with Crippen LogP contribution in [0.25, 0.3) is 16.9 Å². The fraction of sp³-hybridized carbons (Fsp3) is 0.0667. The molecule has 0 bridgehead atoms. The highest BCUT2D eigenvalue weighted by molar-refractivity contribution is 6.30. The van der Waals surface area contributed by atoms with Crippen molar-refractivity contribution in [1.29, 1.82) is 0 Å². The Kier molecular flexibility index (Phi) is 3.20. The Hall–Kier alpha value is -2.93. The van der Waals surface area contributed by atoms with E-state index in [4.69, 9.17) is 11.6 Å². The number of hydrogen-bond donors (Lipinski definition) is 1. The second-order valence-corrected chi connectivity index (χ2v) is 5.46. The maximum atomic E-state index is 5.90. The van der Waals surface area contributed by atoms with Gasteiger partial charge < -0.3 is 9.88 Å². The van der Waals surface area contributed by atoms with Gasteiger partial charge in [0, 0.05) is 12.1 Å². The molecule has 4 rings (SSSR count). The quantitative estimate of drug-likeness (QED) is 0.627. The van der Waals surface area contributed by atoms with Gasteiger partial charge in [0.2, 0.25) is 0 Å². The SMILES string of the molecule is Cn1cnc2c(Nc3cnn(-c4ccc(Cl)cc4)c3)ncnc21. The van der Waals surface area contributed by atoms with Crippen molar-refractivity contribution in [2.45, 2.75) is 0 Å². The summed E-state index contributed by atoms with van der Waals surface area (Å²) in [6.07, 6.45) is 6.82. The van der Waals surface area contributed by atoms with Gasteiger partial charge in [0.1, 0.15) is 6.33 Å². The highest BCUT2D eigenvalue weighted by atomic mass is 35.5. The van der Waals surface area contributed by atoms with Gasteiger partial charge in [-0.3, -0.25) is 0 Å². The van der Waals surface area contributed by atoms with Crippen molar-refractivity contribution in [3.63, 3.8) is 0 Å². The fourth-order valence-corrected chi connectivity index (χ4v) is 2.42. The molecule has 8 heteroatoms. The molecule has 0 saturated heterocycles. The van der Waals surface area contributed by atoms with Crippen molar-refractivity contribution in [1.82, 2.24) is 29.3 Å². The maximum Gasteiger partial charge on any atom is 0.165 e. The highest BCUT2D eigenvalue weighted by Gasteiger charge is 2.09. The summed E-state index contributed by atoms with van der Waals surface area (Å²) in [5.41, 5.74) is 3.22. The largest absolute Gasteiger partial charge is 0.336 e. The predicted molar refractivity (Wildman–Crippen MR) is 88.2 cm³/mol. The van der Waals surface area contributed by atoms with Crippen molar-refractivity contribution >= 4 is 34.3 Å². The first-order chi connectivity index (χ1) is 11.2. The van der Waals surface area contributed by atoms with E-state index in [1.165, 1.54) is 6.33 Å². The summed E-state index contributed by atoms with van der Waals surface area (Å²) in [7, 11) is 1.89. The summed E-state index contributed by atoms with van der Waals surface area (Å²) >= 11 is 5.90. The molecule has 4 aromatic rings. The molecule has 114 valence electrons. The van der Waals surface area contributed by atoms with E-state index >= 15 is 0 Å². The lowest BCUT2D eigenvalue weighted by Gasteiger charge is -2.03. The number of imidazole rings is 1. The van der Waals surface area contributed by atoms with Gasteiger partial charge >= 0.3 is 0 Å². The third-order valence-electron chi connectivity index (χ3n) is 3.43. The lowest BCUT2D eigenvalue weighted by Crippen LogP contribution is -1.96. The summed E-state index contributed by atoms with van der Waals surface area (Å²) in [4.78, 5) is 12.8. The van der Waals surface area contributed by atoms with Gasteiger partial charge in [-0.05, 0) is 24.3 Å². The third-order valence-corrected chi connectivity index (χ3v) is 3.69. The number of nitrogens with zero attached hydrogens (tertiary/aromatic N) is 6. The molecule has 0 saturated carbocycles. The molecule has 0 atom stereocenters. The number of benzene rings is 1. The van der Waals surface area contributed by atoms with E-state index in [9.17, 15) is 0 Å². The van der Waals surface area contributed by atoms with Crippen molar-refractivity contribution in [2.24, 2.45) is 7.05 Å². The minimum absolute atomic E-state index is 0.645. The summed E-state index contributed by atoms with van der Waals surface area (Å²) in [6, 6.07) is 7.46. The van der Waals surface area contributed by atoms with Crippen molar-refractivity contribution in [2.75, 3.05) is 5.32 Å². The average Bonchev–Trinajstić information content (AvgIpc) is 3.17. The molecular weight excluding hydrogens is 314 g/mol. The van der Waals surface area contributed by atoms with Crippen molar-refractivity contribution < 1.29 is 0 Å². The van der Waals surface area contributed by atoms with E-state index in [0.717, 1.165) is 17.0 Å². The Morgan fingerprint density at radius 1 is 1.09 bits per heavy atom. The van der Waals surface area contributed by atoms with Gasteiger partial charge in [-0.2, -0.15) is 5.10 Å². The van der Waals surface area contributed by atoms with Crippen molar-refractivity contribution in [3.05, 3.63) is 54.3 Å². The normalized spacial score (nSPS) is 11.0. The van der Waals surface area contributed by atoms with Crippen LogP contribution in [0.1, 0.15) is 0 Å². The molecule has 3 aromatic heterocycles. The molecule has 1 aromatic carbocycles. The first-order valence-corrected chi connectivity index (χ1v) is 7.28. The highest BCUT2D eigenvalue weighted by Crippen LogP contribution is 2.22. The molecule has 0 radical (unpaired) electrons. The van der Waals surface area contributed by atoms with E-state index in [1.54, 1.807) is 17.2 Å². The molecule has 0 aliphatic heterocycles. The zero-order valence-electron chi connectivity index (χ0n) is 12.2. The van der Waals surface area contributed by atoms with Crippen molar-refractivity contribution in [3.8, 4) is 5.69 Å². The number of anilines is 2. The number of halogens is 1. The van der Waals surface area contributed by atoms with Gasteiger partial charge in [-0.25, -0.2) is 19.6 Å². The van der Waals surface area contributed by atoms with Gasteiger partial charge in [0.15, 0.2) is 17.0 Å². The van der Waals surface area contributed by atoms with Crippen LogP contribution in [0.2, 0.25) is 5.02 Å². The summed E-state index contributed by atoms with van der Waals surface area (Å²) in [5.74, 6) is 0.645. The first-order valence-electron chi connectivity index (χ1n) is 6.90. The Morgan fingerprint density at radius 2 is 1.91 bits per heavy atom. The first kappa shape index (κ1) is 13.7. The van der Waals surface area contributed by atoms with Crippen LogP contribution in [0.4, 0.5) is 11.5 Å². The molecule has 0 amide bonds. The fourth-order valence-electron chi connectivity index (χ4n) is 2.30. The molecule has 0 aliphatic carbocycles. The zero-order valence-corrected chi connectivity index (χ0v) is 12.9. The third kappa shape index (κ3) is 2.51. The van der Waals surface area contributed by atoms with E-state index in [0.29, 0.717) is 16.4 Å². The molecule has 0 unspecified atom stereocenters. The Labute approximate surface area is 136 Å². The van der Waals surface area contributed by atoms with Gasteiger partial charge in [-0.1, -0.05) is 11.6 Å². The van der Waals surface area contributed by atoms with Gasteiger partial charge in [0.05, 0.1) is 30.1 Å². The van der Waals surface area contributed by atoms with Crippen LogP contribution in [-0.2, 0) is 7.05 Å². The number of hydrogen-bond acceptors (Lipinski definition) is 5. The standard InChI is InChI=1S/C15H12ClN7/c1-22-9-19-13-14(17-8-18-15(13)22)21-11-6-20-23(7-11)12-4-2-10(16)3-5-12/h2-9H,1H3,(H,17,18,21). The number of nitrogens with one attached hydrogen (secondary N) is 1. The van der Waals surface area contributed by atoms with E-state index in [2.05, 4.69) is 25.4 Å². The van der Waals surface area contributed by atoms with Crippen LogP contribution >= 0.6 is 11.6 Å². The second-order valence-electron chi connectivity index (χ2n) is 5.02. The Bertz CT molecular complexity index is 971. The zero-order chi connectivity index (χ0) is 15.8. The molecule has 0 spiro atoms. The van der Waals surface area contributed by atoms with Crippen LogP contribution < -0.4 is 5.32 Å². The number of rotatable bonds is 3. The lowest BCUT2D eigenvalue weighted by molar-refractivity contribution is 0.881. The summed E-state index contributed by atoms with van der Waals surface area (Å²) in [6.45, 7) is 0. The van der Waals surface area contributed by atoms with Crippen LogP contribution in [0, 0.1) is 0 Å². The van der Waals surface area contributed by atoms with Crippen LogP contribution in [-0.4, -0.2) is 29.3 Å². The molecule has 1 N–H and O–H groups in total. The molecule has 23 heavy (non-hydrogen) atoms. The van der Waals surface area contributed by atoms with Crippen LogP contribution in [0.3, 0.4) is 0 Å². The smallest absolute Gasteiger partial charge is 0.165 e. The lowest BCUT2D eigenvalue weighted by atomic mass is 10.3. The van der Waals surface area contributed by atoms with E-state index < -0.39 is 0 Å². The second kappa shape index (κ2) is 5.36. The monoisotopic (exact) mass is 325 g/mol. The van der Waals surface area contributed by atoms with E-state index in [1.807, 2.05) is 42.1 Å². The molecule has 0 fully saturated rings. The molecule has 3 heterocycles. The topological polar surface area (TPSA) is 73.5 Å². The Balaban J connectivity index is 1.65. The molecular formula is C15H12ClN7. The van der Waals surface area contributed by atoms with Gasteiger partial charge in [0.25, 0.3) is 0 Å². The number of aromatic nitrogens is 6. The maximum absolute atomic E-state index is 5.90. The minimum atomic E-state index is 0.645. The van der Waals surface area contributed by atoms with Gasteiger partial charge in [-0.15, -0.1) is 0 Å². The Morgan fingerprint density at radius 3 is 2.74 bits per heavy atom. The summed E-state index contributed by atoms with van der Waals surface area (Å²) in [5, 5.41) is 8.26. The van der Waals surface area contributed by atoms with Crippen LogP contribution in [0.5, 0.6) is 0 Å². The number of aryl methyl sites for hydroxylation is 1. The minimum Gasteiger partial charge on any atom is -0.336 e. The average molecular weight is 326 g/mol. The number of fused-ring (bicyclic) bond motifs is 1. The van der Waals surface area contributed by atoms with E-state index in [-0.39, 0.29) is 0 Å².